The Morgan fingerprint density at radius 3 is 2.67 bits per heavy atom. The van der Waals surface area contributed by atoms with Crippen LogP contribution in [0.3, 0.4) is 0 Å². The summed E-state index contributed by atoms with van der Waals surface area (Å²) in [7, 11) is 0. The van der Waals surface area contributed by atoms with Crippen LogP contribution in [0.25, 0.3) is 10.8 Å². The highest BCUT2D eigenvalue weighted by Gasteiger charge is 2.14. The fourth-order valence-corrected chi connectivity index (χ4v) is 1.79. The van der Waals surface area contributed by atoms with Gasteiger partial charge in [-0.05, 0) is 41.5 Å². The number of phenols is 1. The number of carbonyl (C=O) groups is 1. The zero-order valence-corrected chi connectivity index (χ0v) is 10.1. The molecule has 94 valence electrons. The molecule has 0 fully saturated rings. The minimum atomic E-state index is -0.625. The summed E-state index contributed by atoms with van der Waals surface area (Å²) in [4.78, 5) is 11.1. The molecule has 2 rings (SSSR count). The molecule has 18 heavy (non-hydrogen) atoms. The first-order chi connectivity index (χ1) is 8.60. The van der Waals surface area contributed by atoms with E-state index in [1.807, 2.05) is 19.1 Å². The first-order valence-corrected chi connectivity index (χ1v) is 5.79. The number of hydrogen-bond acceptors (Lipinski definition) is 3. The molecule has 1 unspecified atom stereocenters. The zero-order chi connectivity index (χ0) is 13.1. The number of primary amides is 1. The SMILES string of the molecule is CCC(Oc1ccc2ccc(O)cc2c1)C(N)=O. The Hall–Kier alpha value is -2.23. The Kier molecular flexibility index (Phi) is 3.37. The van der Waals surface area contributed by atoms with Gasteiger partial charge in [0.2, 0.25) is 0 Å². The van der Waals surface area contributed by atoms with E-state index >= 15 is 0 Å². The maximum absolute atomic E-state index is 11.1. The van der Waals surface area contributed by atoms with E-state index in [1.54, 1.807) is 24.3 Å². The Balaban J connectivity index is 2.31. The van der Waals surface area contributed by atoms with E-state index in [-0.39, 0.29) is 5.75 Å². The molecule has 4 nitrogen and oxygen atoms in total. The van der Waals surface area contributed by atoms with Crippen LogP contribution in [0.1, 0.15) is 13.3 Å². The number of rotatable bonds is 4. The third kappa shape index (κ3) is 2.53. The minimum absolute atomic E-state index is 0.196. The van der Waals surface area contributed by atoms with Crippen molar-refractivity contribution in [2.45, 2.75) is 19.4 Å². The molecule has 2 aromatic rings. The average molecular weight is 245 g/mol. The maximum Gasteiger partial charge on any atom is 0.258 e. The average Bonchev–Trinajstić information content (AvgIpc) is 2.35. The second-order valence-electron chi connectivity index (χ2n) is 4.11. The number of nitrogens with two attached hydrogens (primary N) is 1. The zero-order valence-electron chi connectivity index (χ0n) is 10.1. The second-order valence-corrected chi connectivity index (χ2v) is 4.11. The Bertz CT molecular complexity index is 580. The standard InChI is InChI=1S/C14H15NO3/c1-2-13(14(15)17)18-12-6-4-9-3-5-11(16)7-10(9)8-12/h3-8,13,16H,2H2,1H3,(H2,15,17). The van der Waals surface area contributed by atoms with Crippen molar-refractivity contribution in [3.8, 4) is 11.5 Å². The molecule has 0 heterocycles. The van der Waals surface area contributed by atoms with Gasteiger partial charge >= 0.3 is 0 Å². The number of aromatic hydroxyl groups is 1. The summed E-state index contributed by atoms with van der Waals surface area (Å²) >= 11 is 0. The van der Waals surface area contributed by atoms with Crippen LogP contribution in [-0.4, -0.2) is 17.1 Å². The van der Waals surface area contributed by atoms with Crippen LogP contribution < -0.4 is 10.5 Å². The monoisotopic (exact) mass is 245 g/mol. The molecule has 1 atom stereocenters. The number of carbonyl (C=O) groups excluding carboxylic acids is 1. The van der Waals surface area contributed by atoms with Crippen molar-refractivity contribution in [2.75, 3.05) is 0 Å². The van der Waals surface area contributed by atoms with E-state index in [0.717, 1.165) is 10.8 Å². The van der Waals surface area contributed by atoms with Gasteiger partial charge in [0.25, 0.3) is 5.91 Å². The first kappa shape index (κ1) is 12.2. The van der Waals surface area contributed by atoms with E-state index in [0.29, 0.717) is 12.2 Å². The van der Waals surface area contributed by atoms with Gasteiger partial charge in [0.1, 0.15) is 11.5 Å². The molecule has 0 aliphatic rings. The molecule has 0 aliphatic heterocycles. The smallest absolute Gasteiger partial charge is 0.258 e. The summed E-state index contributed by atoms with van der Waals surface area (Å²) in [5.41, 5.74) is 5.23. The normalized spacial score (nSPS) is 12.3. The summed E-state index contributed by atoms with van der Waals surface area (Å²) in [6.07, 6.45) is -0.104. The number of benzene rings is 2. The van der Waals surface area contributed by atoms with E-state index in [1.165, 1.54) is 0 Å². The van der Waals surface area contributed by atoms with Crippen LogP contribution in [0.5, 0.6) is 11.5 Å². The van der Waals surface area contributed by atoms with Crippen LogP contribution in [0.4, 0.5) is 0 Å². The lowest BCUT2D eigenvalue weighted by molar-refractivity contribution is -0.124. The Morgan fingerprint density at radius 1 is 1.28 bits per heavy atom. The van der Waals surface area contributed by atoms with Crippen molar-refractivity contribution >= 4 is 16.7 Å². The molecule has 0 spiro atoms. The Labute approximate surface area is 105 Å². The summed E-state index contributed by atoms with van der Waals surface area (Å²) in [6.45, 7) is 1.84. The van der Waals surface area contributed by atoms with Crippen molar-refractivity contribution in [3.63, 3.8) is 0 Å². The molecule has 2 aromatic carbocycles. The lowest BCUT2D eigenvalue weighted by Gasteiger charge is -2.14. The number of fused-ring (bicyclic) bond motifs is 1. The topological polar surface area (TPSA) is 72.6 Å². The van der Waals surface area contributed by atoms with Crippen molar-refractivity contribution < 1.29 is 14.6 Å². The summed E-state index contributed by atoms with van der Waals surface area (Å²) in [6, 6.07) is 10.5. The quantitative estimate of drug-likeness (QED) is 0.867. The largest absolute Gasteiger partial charge is 0.508 e. The van der Waals surface area contributed by atoms with Crippen LogP contribution in [-0.2, 0) is 4.79 Å². The van der Waals surface area contributed by atoms with E-state index < -0.39 is 12.0 Å². The Morgan fingerprint density at radius 2 is 2.00 bits per heavy atom. The van der Waals surface area contributed by atoms with Gasteiger partial charge in [-0.2, -0.15) is 0 Å². The van der Waals surface area contributed by atoms with Crippen LogP contribution >= 0.6 is 0 Å². The lowest BCUT2D eigenvalue weighted by atomic mass is 10.1. The van der Waals surface area contributed by atoms with Gasteiger partial charge in [0.15, 0.2) is 6.10 Å². The molecule has 0 aromatic heterocycles. The van der Waals surface area contributed by atoms with E-state index in [9.17, 15) is 9.90 Å². The van der Waals surface area contributed by atoms with Crippen molar-refractivity contribution in [1.29, 1.82) is 0 Å². The molecule has 3 N–H and O–H groups in total. The predicted molar refractivity (Wildman–Crippen MR) is 69.5 cm³/mol. The van der Waals surface area contributed by atoms with Crippen LogP contribution in [0.2, 0.25) is 0 Å². The summed E-state index contributed by atoms with van der Waals surface area (Å²) < 4.78 is 5.52. The molecule has 0 saturated heterocycles. The minimum Gasteiger partial charge on any atom is -0.508 e. The van der Waals surface area contributed by atoms with E-state index in [2.05, 4.69) is 0 Å². The number of phenolic OH excluding ortho intramolecular Hbond substituents is 1. The molecule has 0 saturated carbocycles. The third-order valence-electron chi connectivity index (χ3n) is 2.76. The van der Waals surface area contributed by atoms with Crippen LogP contribution in [0.15, 0.2) is 36.4 Å². The molecule has 0 bridgehead atoms. The van der Waals surface area contributed by atoms with Gasteiger partial charge in [0.05, 0.1) is 0 Å². The second kappa shape index (κ2) is 4.96. The van der Waals surface area contributed by atoms with Gasteiger partial charge in [-0.15, -0.1) is 0 Å². The highest BCUT2D eigenvalue weighted by atomic mass is 16.5. The highest BCUT2D eigenvalue weighted by Crippen LogP contribution is 2.25. The molecule has 0 radical (unpaired) electrons. The van der Waals surface area contributed by atoms with E-state index in [4.69, 9.17) is 10.5 Å². The molecular formula is C14H15NO3. The number of amides is 1. The summed E-state index contributed by atoms with van der Waals surface area (Å²) in [5, 5.41) is 11.3. The molecular weight excluding hydrogens is 230 g/mol. The summed E-state index contributed by atoms with van der Waals surface area (Å²) in [5.74, 6) is 0.286. The third-order valence-corrected chi connectivity index (χ3v) is 2.76. The molecule has 4 heteroatoms. The van der Waals surface area contributed by atoms with Crippen LogP contribution in [0, 0.1) is 0 Å². The van der Waals surface area contributed by atoms with Crippen molar-refractivity contribution in [2.24, 2.45) is 5.73 Å². The maximum atomic E-state index is 11.1. The van der Waals surface area contributed by atoms with Crippen molar-refractivity contribution in [1.82, 2.24) is 0 Å². The van der Waals surface area contributed by atoms with Gasteiger partial charge in [-0.1, -0.05) is 19.1 Å². The number of ether oxygens (including phenoxy) is 1. The molecule has 0 aliphatic carbocycles. The van der Waals surface area contributed by atoms with Crippen molar-refractivity contribution in [3.05, 3.63) is 36.4 Å². The van der Waals surface area contributed by atoms with Gasteiger partial charge in [-0.25, -0.2) is 0 Å². The highest BCUT2D eigenvalue weighted by molar-refractivity contribution is 5.85. The fourth-order valence-electron chi connectivity index (χ4n) is 1.79. The predicted octanol–water partition coefficient (Wildman–Crippen LogP) is 2.19. The van der Waals surface area contributed by atoms with Gasteiger partial charge in [-0.3, -0.25) is 4.79 Å². The fraction of sp³-hybridized carbons (Fsp3) is 0.214. The number of hydrogen-bond donors (Lipinski definition) is 2. The molecule has 1 amide bonds. The first-order valence-electron chi connectivity index (χ1n) is 5.79. The van der Waals surface area contributed by atoms with Gasteiger partial charge in [0, 0.05) is 0 Å². The lowest BCUT2D eigenvalue weighted by Crippen LogP contribution is -2.32. The van der Waals surface area contributed by atoms with Gasteiger partial charge < -0.3 is 15.6 Å².